The van der Waals surface area contributed by atoms with Crippen LogP contribution in [-0.2, 0) is 11.2 Å². The molecule has 0 saturated heterocycles. The Labute approximate surface area is 173 Å². The molecule has 0 radical (unpaired) electrons. The molecule has 0 atom stereocenters. The standard InChI is InChI=1S/C21H26N4O3S/c1-3-6-18(28)22-10-5-4-7-17-24-19(14-8-9-15(26)16(27)11-14)20(25-17)21-23-13(2)12-29-21/h8-9,11-12,26-27H,3-7,10H2,1-2H3,(H,22,28)(H,24,25). The lowest BCUT2D eigenvalue weighted by atomic mass is 10.1. The lowest BCUT2D eigenvalue weighted by molar-refractivity contribution is -0.121. The van der Waals surface area contributed by atoms with E-state index < -0.39 is 0 Å². The van der Waals surface area contributed by atoms with Gasteiger partial charge in [-0.3, -0.25) is 4.79 Å². The number of aromatic amines is 1. The summed E-state index contributed by atoms with van der Waals surface area (Å²) in [6.07, 6.45) is 3.92. The topological polar surface area (TPSA) is 111 Å². The number of aromatic nitrogens is 3. The fourth-order valence-corrected chi connectivity index (χ4v) is 3.80. The Morgan fingerprint density at radius 2 is 2.03 bits per heavy atom. The lowest BCUT2D eigenvalue weighted by Gasteiger charge is -2.04. The van der Waals surface area contributed by atoms with Crippen LogP contribution >= 0.6 is 11.3 Å². The van der Waals surface area contributed by atoms with E-state index in [1.807, 2.05) is 19.2 Å². The molecule has 0 bridgehead atoms. The summed E-state index contributed by atoms with van der Waals surface area (Å²) < 4.78 is 0. The van der Waals surface area contributed by atoms with Crippen LogP contribution in [0.4, 0.5) is 0 Å². The highest BCUT2D eigenvalue weighted by molar-refractivity contribution is 7.13. The van der Waals surface area contributed by atoms with Crippen LogP contribution in [-0.4, -0.2) is 37.6 Å². The Morgan fingerprint density at radius 1 is 1.21 bits per heavy atom. The van der Waals surface area contributed by atoms with Crippen molar-refractivity contribution >= 4 is 17.2 Å². The number of carbonyl (C=O) groups is 1. The maximum absolute atomic E-state index is 11.5. The van der Waals surface area contributed by atoms with Crippen LogP contribution in [0, 0.1) is 6.92 Å². The van der Waals surface area contributed by atoms with Gasteiger partial charge in [0.25, 0.3) is 0 Å². The second-order valence-corrected chi connectivity index (χ2v) is 7.82. The minimum absolute atomic E-state index is 0.0985. The minimum atomic E-state index is -0.178. The molecule has 0 saturated carbocycles. The van der Waals surface area contributed by atoms with Crippen LogP contribution in [0.3, 0.4) is 0 Å². The molecule has 0 fully saturated rings. The Balaban J connectivity index is 1.74. The third-order valence-corrected chi connectivity index (χ3v) is 5.44. The van der Waals surface area contributed by atoms with Crippen LogP contribution in [0.25, 0.3) is 22.0 Å². The van der Waals surface area contributed by atoms with Gasteiger partial charge < -0.3 is 20.5 Å². The first-order valence-corrected chi connectivity index (χ1v) is 10.7. The molecule has 3 aromatic rings. The smallest absolute Gasteiger partial charge is 0.219 e. The number of carbonyl (C=O) groups excluding carboxylic acids is 1. The largest absolute Gasteiger partial charge is 0.504 e. The van der Waals surface area contributed by atoms with Crippen molar-refractivity contribution in [1.82, 2.24) is 20.3 Å². The quantitative estimate of drug-likeness (QED) is 0.310. The number of H-pyrrole nitrogens is 1. The van der Waals surface area contributed by atoms with Crippen molar-refractivity contribution in [3.63, 3.8) is 0 Å². The van der Waals surface area contributed by atoms with E-state index in [4.69, 9.17) is 4.98 Å². The Bertz CT molecular complexity index is 980. The molecule has 0 aliphatic rings. The number of phenolic OH excluding ortho intramolecular Hbond substituents is 2. The molecular formula is C21H26N4O3S. The molecule has 3 rings (SSSR count). The number of rotatable bonds is 9. The van der Waals surface area contributed by atoms with Crippen LogP contribution in [0.15, 0.2) is 23.6 Å². The summed E-state index contributed by atoms with van der Waals surface area (Å²) in [5, 5.41) is 25.2. The van der Waals surface area contributed by atoms with Gasteiger partial charge in [-0.05, 0) is 44.4 Å². The third kappa shape index (κ3) is 5.35. The van der Waals surface area contributed by atoms with Crippen molar-refractivity contribution in [1.29, 1.82) is 0 Å². The number of nitrogens with one attached hydrogen (secondary N) is 2. The van der Waals surface area contributed by atoms with Gasteiger partial charge >= 0.3 is 0 Å². The molecule has 0 unspecified atom stereocenters. The number of hydrogen-bond acceptors (Lipinski definition) is 6. The highest BCUT2D eigenvalue weighted by Crippen LogP contribution is 2.36. The van der Waals surface area contributed by atoms with Gasteiger partial charge in [0.2, 0.25) is 5.91 Å². The highest BCUT2D eigenvalue weighted by Gasteiger charge is 2.17. The number of aromatic hydroxyl groups is 2. The van der Waals surface area contributed by atoms with Crippen LogP contribution in [0.2, 0.25) is 0 Å². The first-order valence-electron chi connectivity index (χ1n) is 9.78. The fraction of sp³-hybridized carbons (Fsp3) is 0.381. The second-order valence-electron chi connectivity index (χ2n) is 6.96. The lowest BCUT2D eigenvalue weighted by Crippen LogP contribution is -2.23. The summed E-state index contributed by atoms with van der Waals surface area (Å²) in [6, 6.07) is 4.71. The molecule has 1 aromatic carbocycles. The molecule has 0 spiro atoms. The molecular weight excluding hydrogens is 388 g/mol. The average Bonchev–Trinajstić information content (AvgIpc) is 3.30. The monoisotopic (exact) mass is 414 g/mol. The van der Waals surface area contributed by atoms with Gasteiger partial charge in [-0.15, -0.1) is 11.3 Å². The average molecular weight is 415 g/mol. The summed E-state index contributed by atoms with van der Waals surface area (Å²) in [4.78, 5) is 24.2. The molecule has 0 aliphatic heterocycles. The van der Waals surface area contributed by atoms with Crippen LogP contribution in [0.5, 0.6) is 11.5 Å². The Hall–Kier alpha value is -2.87. The van der Waals surface area contributed by atoms with E-state index in [1.54, 1.807) is 6.07 Å². The number of aryl methyl sites for hydroxylation is 2. The van der Waals surface area contributed by atoms with Crippen LogP contribution < -0.4 is 5.32 Å². The molecule has 0 aliphatic carbocycles. The zero-order valence-electron chi connectivity index (χ0n) is 16.7. The summed E-state index contributed by atoms with van der Waals surface area (Å²) in [7, 11) is 0. The van der Waals surface area contributed by atoms with E-state index in [-0.39, 0.29) is 17.4 Å². The van der Waals surface area contributed by atoms with E-state index >= 15 is 0 Å². The van der Waals surface area contributed by atoms with Gasteiger partial charge in [-0.25, -0.2) is 9.97 Å². The van der Waals surface area contributed by atoms with Crippen molar-refractivity contribution in [2.24, 2.45) is 0 Å². The third-order valence-electron chi connectivity index (χ3n) is 4.48. The molecule has 4 N–H and O–H groups in total. The van der Waals surface area contributed by atoms with E-state index in [0.29, 0.717) is 13.0 Å². The number of imidazole rings is 1. The number of benzene rings is 1. The number of thiazole rings is 1. The van der Waals surface area contributed by atoms with Crippen molar-refractivity contribution in [2.75, 3.05) is 6.54 Å². The van der Waals surface area contributed by atoms with Gasteiger partial charge in [0.15, 0.2) is 11.5 Å². The summed E-state index contributed by atoms with van der Waals surface area (Å²) in [5.41, 5.74) is 3.16. The molecule has 2 heterocycles. The first-order chi connectivity index (χ1) is 14.0. The summed E-state index contributed by atoms with van der Waals surface area (Å²) >= 11 is 1.52. The number of amides is 1. The molecule has 154 valence electrons. The van der Waals surface area contributed by atoms with Gasteiger partial charge in [-0.1, -0.05) is 6.92 Å². The Morgan fingerprint density at radius 3 is 2.72 bits per heavy atom. The maximum atomic E-state index is 11.5. The van der Waals surface area contributed by atoms with Crippen molar-refractivity contribution in [3.8, 4) is 33.5 Å². The van der Waals surface area contributed by atoms with Gasteiger partial charge in [0.1, 0.15) is 16.5 Å². The molecule has 2 aromatic heterocycles. The van der Waals surface area contributed by atoms with E-state index in [9.17, 15) is 15.0 Å². The maximum Gasteiger partial charge on any atom is 0.219 e. The van der Waals surface area contributed by atoms with Gasteiger partial charge in [0, 0.05) is 36.0 Å². The van der Waals surface area contributed by atoms with Crippen LogP contribution in [0.1, 0.15) is 44.1 Å². The summed E-state index contributed by atoms with van der Waals surface area (Å²) in [6.45, 7) is 4.59. The summed E-state index contributed by atoms with van der Waals surface area (Å²) in [5.74, 6) is 0.588. The number of unbranched alkanes of at least 4 members (excludes halogenated alkanes) is 1. The second kappa shape index (κ2) is 9.56. The highest BCUT2D eigenvalue weighted by atomic mass is 32.1. The fourth-order valence-electron chi connectivity index (χ4n) is 3.01. The number of phenols is 2. The van der Waals surface area contributed by atoms with Gasteiger partial charge in [0.05, 0.1) is 5.69 Å². The van der Waals surface area contributed by atoms with Crippen molar-refractivity contribution in [3.05, 3.63) is 35.1 Å². The van der Waals surface area contributed by atoms with E-state index in [1.165, 1.54) is 23.5 Å². The predicted molar refractivity (Wildman–Crippen MR) is 114 cm³/mol. The van der Waals surface area contributed by atoms with Gasteiger partial charge in [-0.2, -0.15) is 0 Å². The Kier molecular flexibility index (Phi) is 6.87. The predicted octanol–water partition coefficient (Wildman–Crippen LogP) is 4.16. The van der Waals surface area contributed by atoms with Crippen molar-refractivity contribution in [2.45, 2.75) is 46.0 Å². The molecule has 29 heavy (non-hydrogen) atoms. The van der Waals surface area contributed by atoms with Crippen molar-refractivity contribution < 1.29 is 15.0 Å². The zero-order chi connectivity index (χ0) is 20.8. The first kappa shape index (κ1) is 20.9. The van der Waals surface area contributed by atoms with E-state index in [0.717, 1.165) is 59.2 Å². The number of hydrogen-bond donors (Lipinski definition) is 4. The molecule has 8 heteroatoms. The van der Waals surface area contributed by atoms with E-state index in [2.05, 4.69) is 15.3 Å². The minimum Gasteiger partial charge on any atom is -0.504 e. The SMILES string of the molecule is CCCC(=O)NCCCCc1nc(-c2nc(C)cs2)c(-c2ccc(O)c(O)c2)[nH]1. The molecule has 7 nitrogen and oxygen atoms in total. The molecule has 1 amide bonds. The number of nitrogens with zero attached hydrogens (tertiary/aromatic N) is 2. The zero-order valence-corrected chi connectivity index (χ0v) is 17.5. The normalized spacial score (nSPS) is 11.0.